The molecule has 1 aromatic rings. The molecule has 0 amide bonds. The van der Waals surface area contributed by atoms with E-state index in [0.29, 0.717) is 18.8 Å². The van der Waals surface area contributed by atoms with Crippen LogP contribution < -0.4 is 10.6 Å². The number of likely N-dealkylation sites (N-methyl/N-ethyl adjacent to an activating group) is 1. The minimum Gasteiger partial charge on any atom is -0.395 e. The van der Waals surface area contributed by atoms with Crippen LogP contribution in [-0.4, -0.2) is 24.8 Å². The minimum absolute atomic E-state index is 0.0162. The highest BCUT2D eigenvalue weighted by Gasteiger charge is 2.11. The van der Waals surface area contributed by atoms with Crippen LogP contribution in [0.3, 0.4) is 0 Å². The molecular formula is C12H19FN2O. The molecule has 0 saturated heterocycles. The minimum atomic E-state index is -0.287. The number of aliphatic hydroxyl groups excluding tert-OH is 1. The second-order valence-corrected chi connectivity index (χ2v) is 3.80. The van der Waals surface area contributed by atoms with Gasteiger partial charge in [-0.15, -0.1) is 0 Å². The molecule has 4 heteroatoms. The van der Waals surface area contributed by atoms with Crippen LogP contribution in [0.2, 0.25) is 0 Å². The predicted molar refractivity (Wildman–Crippen MR) is 64.0 cm³/mol. The standard InChI is InChI=1S/C12H19FN2O/c1-3-15(6-7-16)12-5-4-10(9(2)14)8-11(12)13/h4-5,8-9,16H,3,6-7,14H2,1-2H3/t9-/m0/s1. The van der Waals surface area contributed by atoms with E-state index in [4.69, 9.17) is 10.8 Å². The number of rotatable bonds is 5. The van der Waals surface area contributed by atoms with Gasteiger partial charge in [0.05, 0.1) is 12.3 Å². The first kappa shape index (κ1) is 12.9. The van der Waals surface area contributed by atoms with Gasteiger partial charge < -0.3 is 15.7 Å². The van der Waals surface area contributed by atoms with Gasteiger partial charge in [-0.05, 0) is 31.5 Å². The zero-order valence-electron chi connectivity index (χ0n) is 9.78. The zero-order chi connectivity index (χ0) is 12.1. The molecule has 0 fully saturated rings. The first-order valence-corrected chi connectivity index (χ1v) is 5.51. The highest BCUT2D eigenvalue weighted by molar-refractivity contribution is 5.49. The van der Waals surface area contributed by atoms with Crippen LogP contribution in [0.1, 0.15) is 25.5 Å². The van der Waals surface area contributed by atoms with Crippen molar-refractivity contribution < 1.29 is 9.50 Å². The summed E-state index contributed by atoms with van der Waals surface area (Å²) in [5.41, 5.74) is 6.97. The van der Waals surface area contributed by atoms with Crippen molar-refractivity contribution >= 4 is 5.69 Å². The van der Waals surface area contributed by atoms with Crippen molar-refractivity contribution in [3.8, 4) is 0 Å². The summed E-state index contributed by atoms with van der Waals surface area (Å²) in [5, 5.41) is 8.88. The molecule has 0 aliphatic heterocycles. The first-order valence-electron chi connectivity index (χ1n) is 5.51. The van der Waals surface area contributed by atoms with Crippen molar-refractivity contribution in [3.63, 3.8) is 0 Å². The maximum absolute atomic E-state index is 13.8. The second kappa shape index (κ2) is 5.82. The molecule has 0 aliphatic carbocycles. The zero-order valence-corrected chi connectivity index (χ0v) is 9.78. The number of nitrogens with two attached hydrogens (primary N) is 1. The van der Waals surface area contributed by atoms with Gasteiger partial charge >= 0.3 is 0 Å². The molecule has 3 nitrogen and oxygen atoms in total. The molecule has 0 saturated carbocycles. The van der Waals surface area contributed by atoms with Crippen molar-refractivity contribution in [2.75, 3.05) is 24.6 Å². The van der Waals surface area contributed by atoms with Crippen LogP contribution in [0.4, 0.5) is 10.1 Å². The highest BCUT2D eigenvalue weighted by Crippen LogP contribution is 2.22. The van der Waals surface area contributed by atoms with Gasteiger partial charge in [-0.2, -0.15) is 0 Å². The predicted octanol–water partition coefficient (Wildman–Crippen LogP) is 1.66. The molecule has 1 rings (SSSR count). The van der Waals surface area contributed by atoms with Gasteiger partial charge in [0.25, 0.3) is 0 Å². The lowest BCUT2D eigenvalue weighted by atomic mass is 10.1. The maximum atomic E-state index is 13.8. The van der Waals surface area contributed by atoms with E-state index in [1.165, 1.54) is 6.07 Å². The number of halogens is 1. The van der Waals surface area contributed by atoms with Gasteiger partial charge in [-0.25, -0.2) is 4.39 Å². The van der Waals surface area contributed by atoms with Crippen LogP contribution in [-0.2, 0) is 0 Å². The Kier molecular flexibility index (Phi) is 4.71. The van der Waals surface area contributed by atoms with Crippen LogP contribution in [0.25, 0.3) is 0 Å². The summed E-state index contributed by atoms with van der Waals surface area (Å²) in [6.45, 7) is 4.86. The fourth-order valence-corrected chi connectivity index (χ4v) is 1.63. The SMILES string of the molecule is CCN(CCO)c1ccc([C@H](C)N)cc1F. The number of aliphatic hydroxyl groups is 1. The Morgan fingerprint density at radius 2 is 2.19 bits per heavy atom. The summed E-state index contributed by atoms with van der Waals surface area (Å²) in [6.07, 6.45) is 0. The molecule has 16 heavy (non-hydrogen) atoms. The van der Waals surface area contributed by atoms with Crippen LogP contribution in [0, 0.1) is 5.82 Å². The van der Waals surface area contributed by atoms with Gasteiger partial charge in [-0.1, -0.05) is 6.07 Å². The molecule has 0 aromatic heterocycles. The molecule has 3 N–H and O–H groups in total. The lowest BCUT2D eigenvalue weighted by molar-refractivity contribution is 0.302. The molecular weight excluding hydrogens is 207 g/mol. The molecule has 0 spiro atoms. The molecule has 0 aliphatic rings. The fourth-order valence-electron chi connectivity index (χ4n) is 1.63. The second-order valence-electron chi connectivity index (χ2n) is 3.80. The molecule has 0 bridgehead atoms. The van der Waals surface area contributed by atoms with Crippen molar-refractivity contribution in [2.24, 2.45) is 5.73 Å². The lowest BCUT2D eigenvalue weighted by Gasteiger charge is -2.23. The number of hydrogen-bond acceptors (Lipinski definition) is 3. The van der Waals surface area contributed by atoms with Crippen LogP contribution in [0.15, 0.2) is 18.2 Å². The van der Waals surface area contributed by atoms with Crippen LogP contribution >= 0.6 is 0 Å². The summed E-state index contributed by atoms with van der Waals surface area (Å²) in [6, 6.07) is 4.83. The molecule has 90 valence electrons. The molecule has 0 radical (unpaired) electrons. The average Bonchev–Trinajstić information content (AvgIpc) is 2.26. The van der Waals surface area contributed by atoms with E-state index < -0.39 is 0 Å². The Labute approximate surface area is 95.7 Å². The largest absolute Gasteiger partial charge is 0.395 e. The van der Waals surface area contributed by atoms with E-state index in [-0.39, 0.29) is 18.5 Å². The third-order valence-electron chi connectivity index (χ3n) is 2.59. The Morgan fingerprint density at radius 1 is 1.50 bits per heavy atom. The van der Waals surface area contributed by atoms with Gasteiger partial charge in [0.15, 0.2) is 0 Å². The molecule has 0 unspecified atom stereocenters. The summed E-state index contributed by atoms with van der Waals surface area (Å²) < 4.78 is 13.8. The Hall–Kier alpha value is -1.13. The van der Waals surface area contributed by atoms with Crippen molar-refractivity contribution in [3.05, 3.63) is 29.6 Å². The van der Waals surface area contributed by atoms with Gasteiger partial charge in [0.1, 0.15) is 5.82 Å². The van der Waals surface area contributed by atoms with E-state index in [1.54, 1.807) is 11.0 Å². The maximum Gasteiger partial charge on any atom is 0.146 e. The summed E-state index contributed by atoms with van der Waals surface area (Å²) in [7, 11) is 0. The van der Waals surface area contributed by atoms with E-state index in [2.05, 4.69) is 0 Å². The summed E-state index contributed by atoms with van der Waals surface area (Å²) >= 11 is 0. The van der Waals surface area contributed by atoms with Gasteiger partial charge in [0, 0.05) is 19.1 Å². The number of benzene rings is 1. The highest BCUT2D eigenvalue weighted by atomic mass is 19.1. The Morgan fingerprint density at radius 3 is 2.62 bits per heavy atom. The number of hydrogen-bond donors (Lipinski definition) is 2. The van der Waals surface area contributed by atoms with Crippen molar-refractivity contribution in [1.29, 1.82) is 0 Å². The van der Waals surface area contributed by atoms with Crippen molar-refractivity contribution in [1.82, 2.24) is 0 Å². The normalized spacial score (nSPS) is 12.6. The lowest BCUT2D eigenvalue weighted by Crippen LogP contribution is -2.27. The number of nitrogens with zero attached hydrogens (tertiary/aromatic N) is 1. The molecule has 0 heterocycles. The average molecular weight is 226 g/mol. The molecule has 1 atom stereocenters. The smallest absolute Gasteiger partial charge is 0.146 e. The van der Waals surface area contributed by atoms with E-state index in [0.717, 1.165) is 5.56 Å². The quantitative estimate of drug-likeness (QED) is 0.803. The topological polar surface area (TPSA) is 49.5 Å². The van der Waals surface area contributed by atoms with E-state index in [9.17, 15) is 4.39 Å². The third kappa shape index (κ3) is 2.93. The van der Waals surface area contributed by atoms with Gasteiger partial charge in [0.2, 0.25) is 0 Å². The van der Waals surface area contributed by atoms with Gasteiger partial charge in [-0.3, -0.25) is 0 Å². The fraction of sp³-hybridized carbons (Fsp3) is 0.500. The summed E-state index contributed by atoms with van der Waals surface area (Å²) in [4.78, 5) is 1.79. The number of anilines is 1. The van der Waals surface area contributed by atoms with Crippen LogP contribution in [0.5, 0.6) is 0 Å². The Balaban J connectivity index is 2.96. The van der Waals surface area contributed by atoms with E-state index >= 15 is 0 Å². The van der Waals surface area contributed by atoms with Crippen molar-refractivity contribution in [2.45, 2.75) is 19.9 Å². The van der Waals surface area contributed by atoms with E-state index in [1.807, 2.05) is 19.9 Å². The Bertz CT molecular complexity index is 342. The monoisotopic (exact) mass is 226 g/mol. The third-order valence-corrected chi connectivity index (χ3v) is 2.59. The first-order chi connectivity index (χ1) is 7.60. The summed E-state index contributed by atoms with van der Waals surface area (Å²) in [5.74, 6) is -0.287. The molecule has 1 aromatic carbocycles.